The summed E-state index contributed by atoms with van der Waals surface area (Å²) in [5, 5.41) is 6.88. The summed E-state index contributed by atoms with van der Waals surface area (Å²) in [6.07, 6.45) is 0. The molecule has 0 aliphatic carbocycles. The van der Waals surface area contributed by atoms with E-state index in [1.807, 2.05) is 0 Å². The van der Waals surface area contributed by atoms with Gasteiger partial charge in [0.2, 0.25) is 0 Å². The zero-order chi connectivity index (χ0) is 11.7. The van der Waals surface area contributed by atoms with Gasteiger partial charge >= 0.3 is 11.9 Å². The standard InChI is InChI=1S/C10H6N2O4/c1-5(13)11-12-7-4-2-3-6-8(7)10(15)16-9(6)14/h2-4H,1H3. The molecule has 6 nitrogen and oxygen atoms in total. The largest absolute Gasteiger partial charge is 0.386 e. The second-order valence-electron chi connectivity index (χ2n) is 3.10. The van der Waals surface area contributed by atoms with Crippen LogP contribution in [-0.2, 0) is 9.53 Å². The molecule has 1 amide bonds. The van der Waals surface area contributed by atoms with Gasteiger partial charge in [-0.1, -0.05) is 6.07 Å². The van der Waals surface area contributed by atoms with E-state index in [-0.39, 0.29) is 16.8 Å². The molecule has 1 aliphatic heterocycles. The number of ether oxygens (including phenoxy) is 1. The van der Waals surface area contributed by atoms with Gasteiger partial charge in [0.05, 0.1) is 5.56 Å². The van der Waals surface area contributed by atoms with Crippen molar-refractivity contribution in [1.29, 1.82) is 0 Å². The zero-order valence-electron chi connectivity index (χ0n) is 8.26. The van der Waals surface area contributed by atoms with Crippen LogP contribution in [0.3, 0.4) is 0 Å². The summed E-state index contributed by atoms with van der Waals surface area (Å²) in [5.74, 6) is -1.96. The van der Waals surface area contributed by atoms with Crippen molar-refractivity contribution >= 4 is 23.5 Å². The molecule has 2 rings (SSSR count). The maximum Gasteiger partial charge on any atom is 0.349 e. The maximum absolute atomic E-state index is 11.3. The van der Waals surface area contributed by atoms with Gasteiger partial charge in [0.1, 0.15) is 11.3 Å². The molecule has 1 heterocycles. The van der Waals surface area contributed by atoms with E-state index < -0.39 is 17.8 Å². The van der Waals surface area contributed by atoms with Crippen LogP contribution in [0.15, 0.2) is 28.4 Å². The minimum atomic E-state index is -0.766. The number of azo groups is 1. The van der Waals surface area contributed by atoms with Crippen molar-refractivity contribution in [2.24, 2.45) is 10.2 Å². The molecule has 0 spiro atoms. The van der Waals surface area contributed by atoms with E-state index >= 15 is 0 Å². The van der Waals surface area contributed by atoms with Crippen molar-refractivity contribution in [2.75, 3.05) is 0 Å². The lowest BCUT2D eigenvalue weighted by atomic mass is 10.1. The first-order valence-electron chi connectivity index (χ1n) is 4.41. The SMILES string of the molecule is CC(=O)N=Nc1cccc2c1C(=O)OC2=O. The van der Waals surface area contributed by atoms with Crippen molar-refractivity contribution in [3.63, 3.8) is 0 Å². The maximum atomic E-state index is 11.3. The molecular weight excluding hydrogens is 212 g/mol. The fourth-order valence-electron chi connectivity index (χ4n) is 1.32. The predicted octanol–water partition coefficient (Wildman–Crippen LogP) is 1.63. The number of amides is 1. The van der Waals surface area contributed by atoms with E-state index in [2.05, 4.69) is 15.0 Å². The Morgan fingerprint density at radius 1 is 1.25 bits per heavy atom. The third-order valence-corrected chi connectivity index (χ3v) is 1.95. The molecule has 0 atom stereocenters. The first-order valence-corrected chi connectivity index (χ1v) is 4.41. The van der Waals surface area contributed by atoms with Gasteiger partial charge in [0.15, 0.2) is 0 Å². The highest BCUT2D eigenvalue weighted by molar-refractivity contribution is 6.17. The van der Waals surface area contributed by atoms with Crippen LogP contribution in [0.1, 0.15) is 27.6 Å². The quantitative estimate of drug-likeness (QED) is 0.407. The summed E-state index contributed by atoms with van der Waals surface area (Å²) < 4.78 is 4.41. The van der Waals surface area contributed by atoms with Crippen LogP contribution in [0.25, 0.3) is 0 Å². The second-order valence-corrected chi connectivity index (χ2v) is 3.10. The van der Waals surface area contributed by atoms with Crippen LogP contribution >= 0.6 is 0 Å². The number of fused-ring (bicyclic) bond motifs is 1. The number of carbonyl (C=O) groups is 3. The van der Waals surface area contributed by atoms with Gasteiger partial charge in [0, 0.05) is 6.92 Å². The molecule has 1 aromatic carbocycles. The number of nitrogens with zero attached hydrogens (tertiary/aromatic N) is 2. The minimum absolute atomic E-state index is 0.0532. The van der Waals surface area contributed by atoms with Gasteiger partial charge < -0.3 is 4.74 Å². The van der Waals surface area contributed by atoms with Crippen LogP contribution in [-0.4, -0.2) is 17.8 Å². The topological polar surface area (TPSA) is 85.2 Å². The Balaban J connectivity index is 2.53. The molecule has 1 aliphatic rings. The van der Waals surface area contributed by atoms with Gasteiger partial charge in [0.25, 0.3) is 5.91 Å². The Morgan fingerprint density at radius 3 is 2.69 bits per heavy atom. The third-order valence-electron chi connectivity index (χ3n) is 1.95. The van der Waals surface area contributed by atoms with E-state index in [0.29, 0.717) is 0 Å². The molecule has 80 valence electrons. The van der Waals surface area contributed by atoms with Crippen LogP contribution < -0.4 is 0 Å². The van der Waals surface area contributed by atoms with Gasteiger partial charge in [-0.25, -0.2) is 9.59 Å². The fraction of sp³-hybridized carbons (Fsp3) is 0.100. The van der Waals surface area contributed by atoms with Gasteiger partial charge in [-0.2, -0.15) is 0 Å². The smallest absolute Gasteiger partial charge is 0.349 e. The Labute approximate surface area is 89.9 Å². The summed E-state index contributed by atoms with van der Waals surface area (Å²) in [6, 6.07) is 4.47. The zero-order valence-corrected chi connectivity index (χ0v) is 8.26. The van der Waals surface area contributed by atoms with Gasteiger partial charge in [-0.3, -0.25) is 4.79 Å². The Morgan fingerprint density at radius 2 is 2.00 bits per heavy atom. The fourth-order valence-corrected chi connectivity index (χ4v) is 1.32. The molecule has 0 fully saturated rings. The van der Waals surface area contributed by atoms with Crippen molar-refractivity contribution in [1.82, 2.24) is 0 Å². The molecule has 0 unspecified atom stereocenters. The number of rotatable bonds is 1. The Kier molecular flexibility index (Phi) is 2.32. The highest BCUT2D eigenvalue weighted by atomic mass is 16.6. The number of cyclic esters (lactones) is 2. The first-order chi connectivity index (χ1) is 7.59. The van der Waals surface area contributed by atoms with Crippen molar-refractivity contribution in [3.8, 4) is 0 Å². The monoisotopic (exact) mass is 218 g/mol. The highest BCUT2D eigenvalue weighted by Gasteiger charge is 2.32. The Hall–Kier alpha value is -2.37. The average Bonchev–Trinajstić information content (AvgIpc) is 2.52. The molecule has 0 N–H and O–H groups in total. The second kappa shape index (κ2) is 3.65. The molecule has 0 saturated heterocycles. The number of hydrogen-bond donors (Lipinski definition) is 0. The summed E-state index contributed by atoms with van der Waals surface area (Å²) in [6.45, 7) is 1.23. The van der Waals surface area contributed by atoms with Crippen molar-refractivity contribution in [2.45, 2.75) is 6.92 Å². The molecule has 6 heteroatoms. The summed E-state index contributed by atoms with van der Waals surface area (Å²) in [4.78, 5) is 33.1. The average molecular weight is 218 g/mol. The van der Waals surface area contributed by atoms with E-state index in [1.54, 1.807) is 0 Å². The first kappa shape index (κ1) is 10.2. The van der Waals surface area contributed by atoms with E-state index in [0.717, 1.165) is 0 Å². The lowest BCUT2D eigenvalue weighted by Crippen LogP contribution is -1.97. The number of benzene rings is 1. The molecule has 1 aromatic rings. The molecule has 0 saturated carbocycles. The number of carbonyl (C=O) groups excluding carboxylic acids is 3. The van der Waals surface area contributed by atoms with E-state index in [9.17, 15) is 14.4 Å². The molecular formula is C10H6N2O4. The number of hydrogen-bond acceptors (Lipinski definition) is 5. The van der Waals surface area contributed by atoms with E-state index in [4.69, 9.17) is 0 Å². The van der Waals surface area contributed by atoms with Crippen LogP contribution in [0.5, 0.6) is 0 Å². The lowest BCUT2D eigenvalue weighted by molar-refractivity contribution is -0.116. The Bertz CT molecular complexity index is 534. The third kappa shape index (κ3) is 1.60. The lowest BCUT2D eigenvalue weighted by Gasteiger charge is -1.95. The van der Waals surface area contributed by atoms with Gasteiger partial charge in [-0.05, 0) is 12.1 Å². The number of esters is 2. The van der Waals surface area contributed by atoms with Crippen LogP contribution in [0, 0.1) is 0 Å². The van der Waals surface area contributed by atoms with E-state index in [1.165, 1.54) is 25.1 Å². The molecule has 0 bridgehead atoms. The van der Waals surface area contributed by atoms with Crippen LogP contribution in [0.2, 0.25) is 0 Å². The summed E-state index contributed by atoms with van der Waals surface area (Å²) >= 11 is 0. The van der Waals surface area contributed by atoms with Crippen LogP contribution in [0.4, 0.5) is 5.69 Å². The molecule has 16 heavy (non-hydrogen) atoms. The van der Waals surface area contributed by atoms with Crippen molar-refractivity contribution in [3.05, 3.63) is 29.3 Å². The minimum Gasteiger partial charge on any atom is -0.386 e. The molecule has 0 radical (unpaired) electrons. The summed E-state index contributed by atoms with van der Waals surface area (Å²) in [5.41, 5.74) is 0.353. The highest BCUT2D eigenvalue weighted by Crippen LogP contribution is 2.29. The van der Waals surface area contributed by atoms with Gasteiger partial charge in [-0.15, -0.1) is 10.2 Å². The normalized spacial score (nSPS) is 14.1. The summed E-state index contributed by atoms with van der Waals surface area (Å²) in [7, 11) is 0. The predicted molar refractivity (Wildman–Crippen MR) is 51.4 cm³/mol. The van der Waals surface area contributed by atoms with Crippen molar-refractivity contribution < 1.29 is 19.1 Å². The molecule has 0 aromatic heterocycles.